The molecule has 0 unspecified atom stereocenters. The normalized spacial score (nSPS) is 15.0. The third-order valence-corrected chi connectivity index (χ3v) is 5.77. The molecule has 4 aromatic rings. The fourth-order valence-electron chi connectivity index (χ4n) is 3.15. The summed E-state index contributed by atoms with van der Waals surface area (Å²) < 4.78 is 0. The highest BCUT2D eigenvalue weighted by Gasteiger charge is 2.23. The van der Waals surface area contributed by atoms with E-state index >= 15 is 0 Å². The Kier molecular flexibility index (Phi) is 4.24. The second kappa shape index (κ2) is 6.91. The number of fused-ring (bicyclic) bond motifs is 2. The number of hydrogen-bond donors (Lipinski definition) is 2. The van der Waals surface area contributed by atoms with Gasteiger partial charge in [-0.25, -0.2) is 15.0 Å². The lowest BCUT2D eigenvalue weighted by Crippen LogP contribution is -2.13. The van der Waals surface area contributed by atoms with Crippen LogP contribution in [0.2, 0.25) is 0 Å². The Morgan fingerprint density at radius 1 is 1.00 bits per heavy atom. The van der Waals surface area contributed by atoms with Crippen molar-refractivity contribution >= 4 is 39.4 Å². The number of para-hydroxylation sites is 2. The summed E-state index contributed by atoms with van der Waals surface area (Å²) in [6.07, 6.45) is 2.36. The molecular weight excluding hydrogens is 370 g/mol. The summed E-state index contributed by atoms with van der Waals surface area (Å²) in [4.78, 5) is 29.4. The van der Waals surface area contributed by atoms with Crippen molar-refractivity contribution in [2.45, 2.75) is 36.2 Å². The number of rotatable bonds is 5. The lowest BCUT2D eigenvalue weighted by molar-refractivity contribution is 0.906. The molecule has 1 saturated carbocycles. The van der Waals surface area contributed by atoms with E-state index in [0.29, 0.717) is 27.9 Å². The average molecular weight is 389 g/mol. The molecule has 1 aliphatic rings. The molecule has 0 saturated heterocycles. The van der Waals surface area contributed by atoms with E-state index < -0.39 is 0 Å². The fourth-order valence-corrected chi connectivity index (χ4v) is 3.98. The summed E-state index contributed by atoms with van der Waals surface area (Å²) in [5.74, 6) is 1.50. The maximum atomic E-state index is 12.4. The molecule has 0 aliphatic heterocycles. The molecule has 1 aliphatic carbocycles. The molecule has 1 atom stereocenters. The maximum Gasteiger partial charge on any atom is 0.258 e. The van der Waals surface area contributed by atoms with E-state index in [4.69, 9.17) is 9.97 Å². The van der Waals surface area contributed by atoms with Crippen molar-refractivity contribution in [1.82, 2.24) is 19.9 Å². The number of nitrogens with one attached hydrogen (secondary N) is 2. The van der Waals surface area contributed by atoms with Gasteiger partial charge >= 0.3 is 0 Å². The number of benzene rings is 2. The second-order valence-electron chi connectivity index (χ2n) is 7.02. The van der Waals surface area contributed by atoms with E-state index in [1.165, 1.54) is 24.6 Å². The molecule has 2 N–H and O–H groups in total. The molecule has 5 rings (SSSR count). The van der Waals surface area contributed by atoms with Crippen LogP contribution in [0, 0.1) is 0 Å². The summed E-state index contributed by atoms with van der Waals surface area (Å²) in [6, 6.07) is 15.9. The first-order chi connectivity index (χ1) is 13.7. The van der Waals surface area contributed by atoms with Crippen LogP contribution in [0.15, 0.2) is 58.5 Å². The molecule has 6 nitrogen and oxygen atoms in total. The molecule has 7 heteroatoms. The predicted molar refractivity (Wildman–Crippen MR) is 113 cm³/mol. The van der Waals surface area contributed by atoms with Gasteiger partial charge in [0.2, 0.25) is 0 Å². The van der Waals surface area contributed by atoms with E-state index in [1.807, 2.05) is 49.4 Å². The predicted octanol–water partition coefficient (Wildman–Crippen LogP) is 4.29. The topological polar surface area (TPSA) is 83.6 Å². The fraction of sp³-hybridized carbons (Fsp3) is 0.238. The van der Waals surface area contributed by atoms with Crippen LogP contribution in [0.3, 0.4) is 0 Å². The van der Waals surface area contributed by atoms with Gasteiger partial charge in [0, 0.05) is 11.4 Å². The van der Waals surface area contributed by atoms with Crippen LogP contribution >= 0.6 is 11.8 Å². The lowest BCUT2D eigenvalue weighted by Gasteiger charge is -2.13. The molecule has 2 aromatic carbocycles. The largest absolute Gasteiger partial charge is 0.367 e. The van der Waals surface area contributed by atoms with Crippen LogP contribution in [-0.2, 0) is 0 Å². The van der Waals surface area contributed by atoms with Gasteiger partial charge in [-0.15, -0.1) is 0 Å². The highest BCUT2D eigenvalue weighted by atomic mass is 32.2. The third kappa shape index (κ3) is 3.33. The van der Waals surface area contributed by atoms with Crippen molar-refractivity contribution in [2.75, 3.05) is 5.32 Å². The number of nitrogens with zero attached hydrogens (tertiary/aromatic N) is 3. The number of anilines is 1. The van der Waals surface area contributed by atoms with Crippen LogP contribution < -0.4 is 10.9 Å². The van der Waals surface area contributed by atoms with Crippen molar-refractivity contribution in [3.05, 3.63) is 64.7 Å². The molecular formula is C21H19N5OS. The van der Waals surface area contributed by atoms with E-state index in [2.05, 4.69) is 15.3 Å². The Morgan fingerprint density at radius 2 is 1.68 bits per heavy atom. The summed E-state index contributed by atoms with van der Waals surface area (Å²) in [6.45, 7) is 2.00. The Hall–Kier alpha value is -2.93. The summed E-state index contributed by atoms with van der Waals surface area (Å²) in [5.41, 5.74) is 1.49. The zero-order valence-corrected chi connectivity index (χ0v) is 16.2. The highest BCUT2D eigenvalue weighted by molar-refractivity contribution is 7.99. The molecule has 0 amide bonds. The molecule has 2 heterocycles. The number of aromatic amines is 1. The van der Waals surface area contributed by atoms with Crippen molar-refractivity contribution in [2.24, 2.45) is 0 Å². The molecule has 0 bridgehead atoms. The zero-order valence-electron chi connectivity index (χ0n) is 15.3. The number of thioether (sulfide) groups is 1. The summed E-state index contributed by atoms with van der Waals surface area (Å²) in [7, 11) is 0. The van der Waals surface area contributed by atoms with Gasteiger partial charge in [0.25, 0.3) is 5.56 Å². The first kappa shape index (κ1) is 17.2. The SMILES string of the molecule is C[C@H](Sc1nc(NC2CC2)c2ccccc2n1)c1nc2ccccc2c(=O)[nH]1. The first-order valence-corrected chi connectivity index (χ1v) is 10.2. The average Bonchev–Trinajstić information content (AvgIpc) is 3.52. The number of aromatic nitrogens is 4. The molecule has 0 radical (unpaired) electrons. The molecule has 0 spiro atoms. The van der Waals surface area contributed by atoms with E-state index in [0.717, 1.165) is 16.7 Å². The minimum absolute atomic E-state index is 0.0905. The minimum atomic E-state index is -0.122. The smallest absolute Gasteiger partial charge is 0.258 e. The number of hydrogen-bond acceptors (Lipinski definition) is 6. The minimum Gasteiger partial charge on any atom is -0.367 e. The second-order valence-corrected chi connectivity index (χ2v) is 8.33. The monoisotopic (exact) mass is 389 g/mol. The third-order valence-electron chi connectivity index (χ3n) is 4.80. The van der Waals surface area contributed by atoms with Gasteiger partial charge in [-0.3, -0.25) is 4.79 Å². The molecule has 2 aromatic heterocycles. The summed E-state index contributed by atoms with van der Waals surface area (Å²) in [5, 5.41) is 5.72. The van der Waals surface area contributed by atoms with Gasteiger partial charge in [0.1, 0.15) is 11.6 Å². The molecule has 1 fully saturated rings. The van der Waals surface area contributed by atoms with Crippen molar-refractivity contribution < 1.29 is 0 Å². The van der Waals surface area contributed by atoms with Gasteiger partial charge in [-0.1, -0.05) is 36.0 Å². The highest BCUT2D eigenvalue weighted by Crippen LogP contribution is 2.34. The lowest BCUT2D eigenvalue weighted by atomic mass is 10.2. The standard InChI is InChI=1S/C21H19N5OS/c1-12(18-23-17-9-5-3-7-15(17)20(27)25-18)28-21-24-16-8-4-2-6-14(16)19(26-21)22-13-10-11-13/h2-9,12-13H,10-11H2,1H3,(H,22,24,26)(H,23,25,27)/t12-/m0/s1. The van der Waals surface area contributed by atoms with Crippen molar-refractivity contribution in [3.63, 3.8) is 0 Å². The van der Waals surface area contributed by atoms with Gasteiger partial charge in [0.05, 0.1) is 21.7 Å². The Labute approximate surface area is 165 Å². The van der Waals surface area contributed by atoms with Crippen LogP contribution in [0.4, 0.5) is 5.82 Å². The van der Waals surface area contributed by atoms with E-state index in [1.54, 1.807) is 6.07 Å². The van der Waals surface area contributed by atoms with Gasteiger partial charge in [-0.05, 0) is 44.0 Å². The Bertz CT molecular complexity index is 1230. The van der Waals surface area contributed by atoms with Crippen LogP contribution in [0.1, 0.15) is 30.8 Å². The Morgan fingerprint density at radius 3 is 2.43 bits per heavy atom. The zero-order chi connectivity index (χ0) is 19.1. The molecule has 28 heavy (non-hydrogen) atoms. The van der Waals surface area contributed by atoms with Gasteiger partial charge in [0.15, 0.2) is 5.16 Å². The van der Waals surface area contributed by atoms with E-state index in [-0.39, 0.29) is 10.8 Å². The van der Waals surface area contributed by atoms with Crippen LogP contribution in [0.5, 0.6) is 0 Å². The Balaban J connectivity index is 1.50. The van der Waals surface area contributed by atoms with Crippen LogP contribution in [0.25, 0.3) is 21.8 Å². The maximum absolute atomic E-state index is 12.4. The summed E-state index contributed by atoms with van der Waals surface area (Å²) >= 11 is 1.50. The van der Waals surface area contributed by atoms with E-state index in [9.17, 15) is 4.79 Å². The molecule has 140 valence electrons. The number of H-pyrrole nitrogens is 1. The van der Waals surface area contributed by atoms with Gasteiger partial charge in [-0.2, -0.15) is 0 Å². The van der Waals surface area contributed by atoms with Crippen molar-refractivity contribution in [1.29, 1.82) is 0 Å². The first-order valence-electron chi connectivity index (χ1n) is 9.36. The van der Waals surface area contributed by atoms with Gasteiger partial charge < -0.3 is 10.3 Å². The van der Waals surface area contributed by atoms with Crippen molar-refractivity contribution in [3.8, 4) is 0 Å². The van der Waals surface area contributed by atoms with Crippen LogP contribution in [-0.4, -0.2) is 26.0 Å². The quantitative estimate of drug-likeness (QED) is 0.391.